The number of nitro groups is 1. The van der Waals surface area contributed by atoms with Gasteiger partial charge in [-0.25, -0.2) is 12.8 Å². The van der Waals surface area contributed by atoms with Crippen molar-refractivity contribution in [1.29, 1.82) is 0 Å². The van der Waals surface area contributed by atoms with E-state index in [0.717, 1.165) is 18.2 Å². The monoisotopic (exact) mass is 306 g/mol. The number of carbonyl (C=O) groups is 1. The van der Waals surface area contributed by atoms with Crippen LogP contribution in [0.2, 0.25) is 0 Å². The highest BCUT2D eigenvalue weighted by Gasteiger charge is 2.22. The highest BCUT2D eigenvalue weighted by molar-refractivity contribution is 7.92. The fraction of sp³-hybridized carbons (Fsp3) is 0.300. The van der Waals surface area contributed by atoms with Crippen LogP contribution in [0, 0.1) is 15.9 Å². The van der Waals surface area contributed by atoms with E-state index < -0.39 is 43.9 Å². The van der Waals surface area contributed by atoms with Gasteiger partial charge in [0.15, 0.2) is 11.5 Å². The van der Waals surface area contributed by atoms with Crippen LogP contribution in [-0.2, 0) is 14.8 Å². The number of nitrogens with zero attached hydrogens (tertiary/aromatic N) is 1. The molecule has 1 aromatic rings. The Bertz CT molecular complexity index is 631. The number of rotatable bonds is 7. The Kier molecular flexibility index (Phi) is 4.97. The van der Waals surface area contributed by atoms with E-state index >= 15 is 0 Å². The maximum atomic E-state index is 13.5. The van der Waals surface area contributed by atoms with Crippen LogP contribution in [0.3, 0.4) is 0 Å². The third-order valence-corrected chi connectivity index (χ3v) is 3.59. The van der Waals surface area contributed by atoms with E-state index in [0.29, 0.717) is 0 Å². The van der Waals surface area contributed by atoms with Gasteiger partial charge in [0, 0.05) is 12.5 Å². The minimum atomic E-state index is -4.07. The van der Waals surface area contributed by atoms with Crippen LogP contribution in [0.1, 0.15) is 12.8 Å². The highest BCUT2D eigenvalue weighted by Crippen LogP contribution is 2.28. The van der Waals surface area contributed by atoms with Gasteiger partial charge in [0.05, 0.1) is 10.7 Å². The molecule has 0 aliphatic carbocycles. The quantitative estimate of drug-likeness (QED) is 0.578. The van der Waals surface area contributed by atoms with Gasteiger partial charge in [0.25, 0.3) is 5.69 Å². The van der Waals surface area contributed by atoms with Crippen molar-refractivity contribution in [1.82, 2.24) is 0 Å². The molecule has 110 valence electrons. The number of nitro benzene ring substituents is 1. The Hall–Kier alpha value is -2.23. The molecule has 0 bridgehead atoms. The van der Waals surface area contributed by atoms with Crippen LogP contribution in [0.15, 0.2) is 18.2 Å². The summed E-state index contributed by atoms with van der Waals surface area (Å²) in [5.41, 5.74) is -1.47. The van der Waals surface area contributed by atoms with Crippen molar-refractivity contribution in [2.24, 2.45) is 0 Å². The molecule has 0 radical (unpaired) electrons. The topological polar surface area (TPSA) is 127 Å². The van der Waals surface area contributed by atoms with Crippen LogP contribution in [0.4, 0.5) is 15.8 Å². The number of nitrogens with one attached hydrogen (secondary N) is 1. The lowest BCUT2D eigenvalue weighted by Gasteiger charge is -2.08. The average Bonchev–Trinajstić information content (AvgIpc) is 2.30. The van der Waals surface area contributed by atoms with Gasteiger partial charge in [-0.05, 0) is 12.5 Å². The summed E-state index contributed by atoms with van der Waals surface area (Å²) in [6, 6.07) is 2.91. The van der Waals surface area contributed by atoms with Crippen molar-refractivity contribution < 1.29 is 27.6 Å². The standard InChI is InChI=1S/C10H11FN2O6S/c11-7-3-1-4-8(13(16)17)10(7)12-20(18,19)6-2-5-9(14)15/h1,3-4,12H,2,5-6H2,(H,14,15). The maximum Gasteiger partial charge on any atom is 0.303 e. The molecule has 0 fully saturated rings. The highest BCUT2D eigenvalue weighted by atomic mass is 32.2. The van der Waals surface area contributed by atoms with Crippen LogP contribution in [0.5, 0.6) is 0 Å². The van der Waals surface area contributed by atoms with Gasteiger partial charge in [-0.1, -0.05) is 6.07 Å². The van der Waals surface area contributed by atoms with Gasteiger partial charge in [0.2, 0.25) is 10.0 Å². The fourth-order valence-corrected chi connectivity index (χ4v) is 2.53. The predicted octanol–water partition coefficient (Wildman–Crippen LogP) is 1.34. The first-order chi connectivity index (χ1) is 9.23. The molecule has 2 N–H and O–H groups in total. The van der Waals surface area contributed by atoms with Crippen LogP contribution >= 0.6 is 0 Å². The summed E-state index contributed by atoms with van der Waals surface area (Å²) in [5, 5.41) is 19.1. The number of hydrogen-bond acceptors (Lipinski definition) is 5. The van der Waals surface area contributed by atoms with Crippen molar-refractivity contribution in [3.8, 4) is 0 Å². The van der Waals surface area contributed by atoms with Gasteiger partial charge >= 0.3 is 5.97 Å². The van der Waals surface area contributed by atoms with Crippen molar-refractivity contribution >= 4 is 27.4 Å². The lowest BCUT2D eigenvalue weighted by molar-refractivity contribution is -0.384. The maximum absolute atomic E-state index is 13.5. The molecule has 0 amide bonds. The molecule has 1 aromatic carbocycles. The minimum absolute atomic E-state index is 0.188. The zero-order valence-corrected chi connectivity index (χ0v) is 10.9. The largest absolute Gasteiger partial charge is 0.481 e. The smallest absolute Gasteiger partial charge is 0.303 e. The normalized spacial score (nSPS) is 11.1. The number of para-hydroxylation sites is 1. The van der Waals surface area contributed by atoms with Crippen molar-refractivity contribution in [3.63, 3.8) is 0 Å². The molecular weight excluding hydrogens is 295 g/mol. The first kappa shape index (κ1) is 15.8. The predicted molar refractivity (Wildman–Crippen MR) is 67.3 cm³/mol. The van der Waals surface area contributed by atoms with Crippen LogP contribution in [0.25, 0.3) is 0 Å². The number of sulfonamides is 1. The fourth-order valence-electron chi connectivity index (χ4n) is 1.39. The Labute approximate surface area is 113 Å². The van der Waals surface area contributed by atoms with Crippen molar-refractivity contribution in [2.75, 3.05) is 10.5 Å². The zero-order valence-electron chi connectivity index (χ0n) is 10.1. The van der Waals surface area contributed by atoms with E-state index in [2.05, 4.69) is 0 Å². The Balaban J connectivity index is 2.92. The van der Waals surface area contributed by atoms with E-state index in [4.69, 9.17) is 5.11 Å². The number of hydrogen-bond donors (Lipinski definition) is 2. The Morgan fingerprint density at radius 3 is 2.65 bits per heavy atom. The van der Waals surface area contributed by atoms with Gasteiger partial charge in [0.1, 0.15) is 0 Å². The van der Waals surface area contributed by atoms with Crippen molar-refractivity contribution in [3.05, 3.63) is 34.1 Å². The molecular formula is C10H11FN2O6S. The summed E-state index contributed by atoms with van der Waals surface area (Å²) in [7, 11) is -4.07. The second-order valence-electron chi connectivity index (χ2n) is 3.81. The van der Waals surface area contributed by atoms with Gasteiger partial charge in [-0.3, -0.25) is 19.6 Å². The molecule has 0 aromatic heterocycles. The molecule has 0 atom stereocenters. The van der Waals surface area contributed by atoms with Crippen LogP contribution in [-0.4, -0.2) is 30.2 Å². The lowest BCUT2D eigenvalue weighted by atomic mass is 10.2. The second-order valence-corrected chi connectivity index (χ2v) is 5.65. The third-order valence-electron chi connectivity index (χ3n) is 2.25. The number of carboxylic acids is 1. The lowest BCUT2D eigenvalue weighted by Crippen LogP contribution is -2.19. The SMILES string of the molecule is O=C(O)CCCS(=O)(=O)Nc1c(F)cccc1[N+](=O)[O-]. The number of halogens is 1. The van der Waals surface area contributed by atoms with E-state index in [1.54, 1.807) is 4.72 Å². The first-order valence-corrected chi connectivity index (χ1v) is 7.03. The van der Waals surface area contributed by atoms with E-state index in [9.17, 15) is 27.7 Å². The summed E-state index contributed by atoms with van der Waals surface area (Å²) >= 11 is 0. The number of anilines is 1. The van der Waals surface area contributed by atoms with Gasteiger partial charge in [-0.2, -0.15) is 0 Å². The molecule has 0 aliphatic heterocycles. The van der Waals surface area contributed by atoms with Crippen LogP contribution < -0.4 is 4.72 Å². The van der Waals surface area contributed by atoms with Gasteiger partial charge in [-0.15, -0.1) is 0 Å². The van der Waals surface area contributed by atoms with E-state index in [1.165, 1.54) is 0 Å². The molecule has 0 unspecified atom stereocenters. The summed E-state index contributed by atoms with van der Waals surface area (Å²) in [6.07, 6.45) is -0.562. The van der Waals surface area contributed by atoms with Gasteiger partial charge < -0.3 is 5.11 Å². The van der Waals surface area contributed by atoms with E-state index in [1.807, 2.05) is 0 Å². The second kappa shape index (κ2) is 6.28. The zero-order chi connectivity index (χ0) is 15.3. The van der Waals surface area contributed by atoms with Crippen molar-refractivity contribution in [2.45, 2.75) is 12.8 Å². The molecule has 20 heavy (non-hydrogen) atoms. The average molecular weight is 306 g/mol. The molecule has 1 rings (SSSR count). The number of carboxylic acid groups (broad SMARTS) is 1. The number of benzene rings is 1. The molecule has 0 saturated carbocycles. The Morgan fingerprint density at radius 1 is 1.45 bits per heavy atom. The Morgan fingerprint density at radius 2 is 2.10 bits per heavy atom. The molecule has 0 heterocycles. The molecule has 8 nitrogen and oxygen atoms in total. The first-order valence-electron chi connectivity index (χ1n) is 5.38. The molecule has 0 spiro atoms. The molecule has 10 heteroatoms. The molecule has 0 saturated heterocycles. The molecule has 0 aliphatic rings. The summed E-state index contributed by atoms with van der Waals surface area (Å²) in [5.74, 6) is -2.83. The minimum Gasteiger partial charge on any atom is -0.481 e. The summed E-state index contributed by atoms with van der Waals surface area (Å²) < 4.78 is 38.5. The summed E-state index contributed by atoms with van der Waals surface area (Å²) in [6.45, 7) is 0. The van der Waals surface area contributed by atoms with E-state index in [-0.39, 0.29) is 12.8 Å². The number of aliphatic carboxylic acids is 1. The third kappa shape index (κ3) is 4.46. The summed E-state index contributed by atoms with van der Waals surface area (Å²) in [4.78, 5) is 20.0.